The van der Waals surface area contributed by atoms with Gasteiger partial charge in [0.25, 0.3) is 5.91 Å². The van der Waals surface area contributed by atoms with Gasteiger partial charge in [-0.3, -0.25) is 4.79 Å². The van der Waals surface area contributed by atoms with Crippen LogP contribution in [0.5, 0.6) is 0 Å². The molecular weight excluding hydrogens is 330 g/mol. The van der Waals surface area contributed by atoms with Crippen molar-refractivity contribution in [2.75, 3.05) is 18.1 Å². The van der Waals surface area contributed by atoms with Crippen LogP contribution in [0, 0.1) is 0 Å². The van der Waals surface area contributed by atoms with Crippen LogP contribution in [0.3, 0.4) is 0 Å². The quantitative estimate of drug-likeness (QED) is 0.768. The molecule has 0 aromatic heterocycles. The Kier molecular flexibility index (Phi) is 5.55. The molecule has 0 aliphatic heterocycles. The lowest BCUT2D eigenvalue weighted by atomic mass is 10.1. The van der Waals surface area contributed by atoms with Crippen LogP contribution in [0.15, 0.2) is 29.2 Å². The van der Waals surface area contributed by atoms with Crippen molar-refractivity contribution in [1.29, 1.82) is 0 Å². The lowest BCUT2D eigenvalue weighted by molar-refractivity contribution is 0.0719. The van der Waals surface area contributed by atoms with E-state index in [1.54, 1.807) is 17.0 Å². The van der Waals surface area contributed by atoms with Crippen molar-refractivity contribution in [2.24, 2.45) is 0 Å². The zero-order valence-electron chi connectivity index (χ0n) is 11.3. The van der Waals surface area contributed by atoms with Crippen LogP contribution in [0.25, 0.3) is 0 Å². The fraction of sp³-hybridized carbons (Fsp3) is 0.462. The third kappa shape index (κ3) is 4.31. The second kappa shape index (κ2) is 6.52. The van der Waals surface area contributed by atoms with Gasteiger partial charge in [0.1, 0.15) is 0 Å². The summed E-state index contributed by atoms with van der Waals surface area (Å²) in [7, 11) is -3.30. The van der Waals surface area contributed by atoms with Crippen molar-refractivity contribution >= 4 is 31.7 Å². The van der Waals surface area contributed by atoms with E-state index in [-0.39, 0.29) is 16.8 Å². The first-order chi connectivity index (χ1) is 8.77. The summed E-state index contributed by atoms with van der Waals surface area (Å²) in [6.45, 7) is 4.45. The number of rotatable bonds is 5. The minimum absolute atomic E-state index is 0.0620. The number of amides is 1. The fourth-order valence-corrected chi connectivity index (χ4v) is 2.76. The maximum absolute atomic E-state index is 12.4. The molecule has 1 aromatic rings. The Morgan fingerprint density at radius 1 is 1.37 bits per heavy atom. The van der Waals surface area contributed by atoms with Crippen molar-refractivity contribution in [3.05, 3.63) is 29.8 Å². The number of halogens is 1. The molecule has 1 aromatic carbocycles. The van der Waals surface area contributed by atoms with Crippen molar-refractivity contribution in [1.82, 2.24) is 4.90 Å². The molecule has 0 radical (unpaired) electrons. The molecule has 0 bridgehead atoms. The van der Waals surface area contributed by atoms with E-state index in [0.29, 0.717) is 17.4 Å². The van der Waals surface area contributed by atoms with Crippen molar-refractivity contribution in [2.45, 2.75) is 24.8 Å². The Labute approximate surface area is 122 Å². The first-order valence-electron chi connectivity index (χ1n) is 5.94. The molecule has 0 N–H and O–H groups in total. The number of hydrogen-bond acceptors (Lipinski definition) is 3. The van der Waals surface area contributed by atoms with Gasteiger partial charge in [0.2, 0.25) is 0 Å². The molecule has 0 aliphatic carbocycles. The summed E-state index contributed by atoms with van der Waals surface area (Å²) in [5.74, 6) is -0.153. The molecule has 6 heteroatoms. The van der Waals surface area contributed by atoms with E-state index in [4.69, 9.17) is 0 Å². The van der Waals surface area contributed by atoms with Crippen molar-refractivity contribution < 1.29 is 13.2 Å². The Morgan fingerprint density at radius 2 is 2.00 bits per heavy atom. The second-order valence-electron chi connectivity index (χ2n) is 4.58. The van der Waals surface area contributed by atoms with Crippen molar-refractivity contribution in [3.63, 3.8) is 0 Å². The molecule has 0 fully saturated rings. The number of hydrogen-bond donors (Lipinski definition) is 0. The van der Waals surface area contributed by atoms with E-state index in [9.17, 15) is 13.2 Å². The number of carbonyl (C=O) groups is 1. The second-order valence-corrected chi connectivity index (χ2v) is 7.39. The molecule has 1 amide bonds. The molecule has 0 heterocycles. The van der Waals surface area contributed by atoms with Crippen LogP contribution in [0.4, 0.5) is 0 Å². The fourth-order valence-electron chi connectivity index (χ4n) is 1.71. The Bertz CT molecular complexity index is 555. The highest BCUT2D eigenvalue weighted by Gasteiger charge is 2.19. The summed E-state index contributed by atoms with van der Waals surface area (Å²) in [5.41, 5.74) is 0.401. The summed E-state index contributed by atoms with van der Waals surface area (Å²) >= 11 is 3.32. The number of benzene rings is 1. The van der Waals surface area contributed by atoms with Crippen LogP contribution < -0.4 is 0 Å². The Balaban J connectivity index is 3.12. The average molecular weight is 348 g/mol. The van der Waals surface area contributed by atoms with Gasteiger partial charge in [-0.15, -0.1) is 0 Å². The van der Waals surface area contributed by atoms with Gasteiger partial charge in [-0.2, -0.15) is 0 Å². The highest BCUT2D eigenvalue weighted by Crippen LogP contribution is 2.14. The van der Waals surface area contributed by atoms with Crippen LogP contribution in [0.1, 0.15) is 24.2 Å². The average Bonchev–Trinajstić information content (AvgIpc) is 2.34. The summed E-state index contributed by atoms with van der Waals surface area (Å²) in [6, 6.07) is 6.22. The highest BCUT2D eigenvalue weighted by atomic mass is 79.9. The third-order valence-corrected chi connectivity index (χ3v) is 4.18. The predicted octanol–water partition coefficient (Wildman–Crippen LogP) is 2.34. The third-order valence-electron chi connectivity index (χ3n) is 2.72. The molecule has 1 rings (SSSR count). The molecule has 0 saturated heterocycles. The molecule has 0 unspecified atom stereocenters. The van der Waals surface area contributed by atoms with E-state index in [2.05, 4.69) is 15.9 Å². The van der Waals surface area contributed by atoms with E-state index in [0.717, 1.165) is 6.26 Å². The van der Waals surface area contributed by atoms with Crippen molar-refractivity contribution in [3.8, 4) is 0 Å². The smallest absolute Gasteiger partial charge is 0.254 e. The normalized spacial score (nSPS) is 11.6. The Morgan fingerprint density at radius 3 is 2.47 bits per heavy atom. The van der Waals surface area contributed by atoms with Gasteiger partial charge in [-0.1, -0.05) is 22.0 Å². The molecule has 0 aliphatic rings. The standard InChI is InChI=1S/C13H18BrNO3S/c1-10(2)15(8-7-14)13(16)11-5-4-6-12(9-11)19(3,17)18/h4-6,9-10H,7-8H2,1-3H3. The number of alkyl halides is 1. The zero-order valence-corrected chi connectivity index (χ0v) is 13.7. The van der Waals surface area contributed by atoms with E-state index in [1.165, 1.54) is 12.1 Å². The summed E-state index contributed by atoms with van der Waals surface area (Å²) in [4.78, 5) is 14.2. The maximum atomic E-state index is 12.4. The molecule has 0 saturated carbocycles. The molecule has 19 heavy (non-hydrogen) atoms. The summed E-state index contributed by atoms with van der Waals surface area (Å²) < 4.78 is 23.0. The maximum Gasteiger partial charge on any atom is 0.254 e. The monoisotopic (exact) mass is 347 g/mol. The molecular formula is C13H18BrNO3S. The minimum atomic E-state index is -3.30. The summed E-state index contributed by atoms with van der Waals surface area (Å²) in [5, 5.41) is 0.683. The van der Waals surface area contributed by atoms with Crippen LogP contribution in [0.2, 0.25) is 0 Å². The van der Waals surface area contributed by atoms with Crippen LogP contribution in [-0.2, 0) is 9.84 Å². The molecule has 4 nitrogen and oxygen atoms in total. The number of carbonyl (C=O) groups excluding carboxylic acids is 1. The van der Waals surface area contributed by atoms with Gasteiger partial charge in [-0.25, -0.2) is 8.42 Å². The zero-order chi connectivity index (χ0) is 14.6. The van der Waals surface area contributed by atoms with E-state index < -0.39 is 9.84 Å². The topological polar surface area (TPSA) is 54.5 Å². The van der Waals surface area contributed by atoms with E-state index in [1.807, 2.05) is 13.8 Å². The number of nitrogens with zero attached hydrogens (tertiary/aromatic N) is 1. The van der Waals surface area contributed by atoms with Gasteiger partial charge >= 0.3 is 0 Å². The van der Waals surface area contributed by atoms with Gasteiger partial charge in [0, 0.05) is 29.7 Å². The lowest BCUT2D eigenvalue weighted by Gasteiger charge is -2.26. The minimum Gasteiger partial charge on any atom is -0.335 e. The first-order valence-corrected chi connectivity index (χ1v) is 8.95. The highest BCUT2D eigenvalue weighted by molar-refractivity contribution is 9.09. The largest absolute Gasteiger partial charge is 0.335 e. The van der Waals surface area contributed by atoms with E-state index >= 15 is 0 Å². The molecule has 0 spiro atoms. The molecule has 0 atom stereocenters. The number of sulfone groups is 1. The Hall–Kier alpha value is -0.880. The van der Waals surface area contributed by atoms with Gasteiger partial charge in [-0.05, 0) is 32.0 Å². The van der Waals surface area contributed by atoms with Gasteiger partial charge in [0.15, 0.2) is 9.84 Å². The van der Waals surface area contributed by atoms with Crippen LogP contribution in [-0.4, -0.2) is 43.4 Å². The summed E-state index contributed by atoms with van der Waals surface area (Å²) in [6.07, 6.45) is 1.13. The van der Waals surface area contributed by atoms with Gasteiger partial charge < -0.3 is 4.90 Å². The molecule has 106 valence electrons. The van der Waals surface area contributed by atoms with Crippen LogP contribution >= 0.6 is 15.9 Å². The lowest BCUT2D eigenvalue weighted by Crippen LogP contribution is -2.38. The first kappa shape index (κ1) is 16.2. The predicted molar refractivity (Wildman–Crippen MR) is 79.5 cm³/mol. The van der Waals surface area contributed by atoms with Gasteiger partial charge in [0.05, 0.1) is 4.90 Å². The SMILES string of the molecule is CC(C)N(CCBr)C(=O)c1cccc(S(C)(=O)=O)c1.